The van der Waals surface area contributed by atoms with Gasteiger partial charge in [-0.15, -0.1) is 0 Å². The third-order valence-corrected chi connectivity index (χ3v) is 2.82. The van der Waals surface area contributed by atoms with Crippen LogP contribution < -0.4 is 10.5 Å². The van der Waals surface area contributed by atoms with Crippen molar-refractivity contribution in [2.24, 2.45) is 5.73 Å². The van der Waals surface area contributed by atoms with Crippen LogP contribution in [0.3, 0.4) is 0 Å². The van der Waals surface area contributed by atoms with Crippen molar-refractivity contribution in [1.29, 1.82) is 0 Å². The van der Waals surface area contributed by atoms with Crippen molar-refractivity contribution in [1.82, 2.24) is 4.98 Å². The first-order valence-corrected chi connectivity index (χ1v) is 5.83. The first-order chi connectivity index (χ1) is 8.09. The first-order valence-electron chi connectivity index (χ1n) is 5.04. The third kappa shape index (κ3) is 2.48. The molecule has 0 unspecified atom stereocenters. The largest absolute Gasteiger partial charge is 0.484 e. The van der Waals surface area contributed by atoms with Crippen LogP contribution in [-0.2, 0) is 0 Å². The molecular weight excluding hydrogens is 256 g/mol. The normalized spacial score (nSPS) is 10.5. The Balaban J connectivity index is 2.54. The number of pyridine rings is 1. The van der Waals surface area contributed by atoms with Crippen LogP contribution in [0.1, 0.15) is 5.56 Å². The van der Waals surface area contributed by atoms with Crippen LogP contribution in [0.4, 0.5) is 0 Å². The zero-order valence-electron chi connectivity index (χ0n) is 9.24. The first kappa shape index (κ1) is 12.1. The van der Waals surface area contributed by atoms with Gasteiger partial charge < -0.3 is 10.5 Å². The highest BCUT2D eigenvalue weighted by Gasteiger charge is 2.09. The van der Waals surface area contributed by atoms with Gasteiger partial charge in [0.2, 0.25) is 0 Å². The van der Waals surface area contributed by atoms with Gasteiger partial charge in [0.25, 0.3) is 0 Å². The molecule has 2 aromatic rings. The van der Waals surface area contributed by atoms with Crippen molar-refractivity contribution in [3.05, 3.63) is 35.0 Å². The molecule has 17 heavy (non-hydrogen) atoms. The van der Waals surface area contributed by atoms with Gasteiger partial charge in [0, 0.05) is 11.6 Å². The minimum absolute atomic E-state index is 0.196. The molecule has 1 aromatic heterocycles. The molecule has 0 amide bonds. The molecule has 1 heterocycles. The van der Waals surface area contributed by atoms with Crippen LogP contribution in [0.5, 0.6) is 5.75 Å². The Hall–Kier alpha value is -1.39. The van der Waals surface area contributed by atoms with Gasteiger partial charge >= 0.3 is 0 Å². The topological polar surface area (TPSA) is 48.1 Å². The van der Waals surface area contributed by atoms with E-state index >= 15 is 0 Å². The monoisotopic (exact) mass is 266 g/mol. The summed E-state index contributed by atoms with van der Waals surface area (Å²) < 4.78 is 5.50. The molecule has 0 saturated heterocycles. The SMILES string of the molecule is Cc1ccnc2c(OCC(N)=S)ccc(Cl)c12. The van der Waals surface area contributed by atoms with Crippen LogP contribution in [0.25, 0.3) is 10.9 Å². The molecule has 0 fully saturated rings. The van der Waals surface area contributed by atoms with Gasteiger partial charge in [-0.25, -0.2) is 0 Å². The molecule has 0 atom stereocenters. The molecule has 3 nitrogen and oxygen atoms in total. The number of benzene rings is 1. The lowest BCUT2D eigenvalue weighted by Crippen LogP contribution is -2.18. The zero-order valence-corrected chi connectivity index (χ0v) is 10.8. The summed E-state index contributed by atoms with van der Waals surface area (Å²) in [5.41, 5.74) is 7.19. The molecule has 0 saturated carbocycles. The van der Waals surface area contributed by atoms with Gasteiger partial charge in [0.1, 0.15) is 22.9 Å². The quantitative estimate of drug-likeness (QED) is 0.868. The number of aryl methyl sites for hydroxylation is 1. The Morgan fingerprint density at radius 1 is 1.47 bits per heavy atom. The van der Waals surface area contributed by atoms with Crippen molar-refractivity contribution in [3.8, 4) is 5.75 Å². The number of ether oxygens (including phenoxy) is 1. The Morgan fingerprint density at radius 2 is 2.24 bits per heavy atom. The number of nitrogens with two attached hydrogens (primary N) is 1. The van der Waals surface area contributed by atoms with Crippen molar-refractivity contribution < 1.29 is 4.74 Å². The van der Waals surface area contributed by atoms with E-state index < -0.39 is 0 Å². The maximum Gasteiger partial charge on any atom is 0.146 e. The lowest BCUT2D eigenvalue weighted by atomic mass is 10.1. The number of fused-ring (bicyclic) bond motifs is 1. The Bertz CT molecular complexity index is 578. The number of hydrogen-bond acceptors (Lipinski definition) is 3. The average molecular weight is 267 g/mol. The van der Waals surface area contributed by atoms with Crippen LogP contribution in [0.15, 0.2) is 24.4 Å². The second-order valence-electron chi connectivity index (χ2n) is 3.65. The maximum atomic E-state index is 6.15. The summed E-state index contributed by atoms with van der Waals surface area (Å²) in [7, 11) is 0. The van der Waals surface area contributed by atoms with Crippen LogP contribution >= 0.6 is 23.8 Å². The number of thiocarbonyl (C=S) groups is 1. The lowest BCUT2D eigenvalue weighted by molar-refractivity contribution is 0.381. The number of hydrogen-bond donors (Lipinski definition) is 1. The lowest BCUT2D eigenvalue weighted by Gasteiger charge is -2.10. The number of halogens is 1. The number of rotatable bonds is 3. The van der Waals surface area contributed by atoms with Crippen LogP contribution in [-0.4, -0.2) is 16.6 Å². The van der Waals surface area contributed by atoms with Gasteiger partial charge in [0.15, 0.2) is 0 Å². The standard InChI is InChI=1S/C12H11ClN2OS/c1-7-4-5-15-12-9(16-6-10(14)17)3-2-8(13)11(7)12/h2-5H,6H2,1H3,(H2,14,17). The summed E-state index contributed by atoms with van der Waals surface area (Å²) in [5.74, 6) is 0.640. The predicted octanol–water partition coefficient (Wildman–Crippen LogP) is 2.86. The van der Waals surface area contributed by atoms with E-state index in [4.69, 9.17) is 34.3 Å². The van der Waals surface area contributed by atoms with E-state index in [0.29, 0.717) is 15.8 Å². The maximum absolute atomic E-state index is 6.15. The fourth-order valence-electron chi connectivity index (χ4n) is 1.62. The highest BCUT2D eigenvalue weighted by Crippen LogP contribution is 2.31. The molecule has 0 aliphatic carbocycles. The van der Waals surface area contributed by atoms with Gasteiger partial charge in [-0.2, -0.15) is 0 Å². The molecule has 2 rings (SSSR count). The summed E-state index contributed by atoms with van der Waals surface area (Å²) >= 11 is 10.9. The Labute approximate surface area is 110 Å². The third-order valence-electron chi connectivity index (χ3n) is 2.38. The van der Waals surface area contributed by atoms with Crippen molar-refractivity contribution in [3.63, 3.8) is 0 Å². The fourth-order valence-corrected chi connectivity index (χ4v) is 1.98. The molecule has 2 N–H and O–H groups in total. The summed E-state index contributed by atoms with van der Waals surface area (Å²) in [6.45, 7) is 2.18. The molecule has 0 radical (unpaired) electrons. The molecule has 5 heteroatoms. The van der Waals surface area contributed by atoms with Gasteiger partial charge in [0.05, 0.1) is 5.02 Å². The van der Waals surface area contributed by atoms with E-state index in [2.05, 4.69) is 4.98 Å². The van der Waals surface area contributed by atoms with Crippen molar-refractivity contribution in [2.45, 2.75) is 6.92 Å². The average Bonchev–Trinajstić information content (AvgIpc) is 2.28. The van der Waals surface area contributed by atoms with E-state index in [-0.39, 0.29) is 6.61 Å². The van der Waals surface area contributed by atoms with Gasteiger partial charge in [-0.1, -0.05) is 23.8 Å². The zero-order chi connectivity index (χ0) is 12.4. The fraction of sp³-hybridized carbons (Fsp3) is 0.167. The molecular formula is C12H11ClN2OS. The van der Waals surface area contributed by atoms with Gasteiger partial charge in [-0.3, -0.25) is 4.98 Å². The smallest absolute Gasteiger partial charge is 0.146 e. The molecule has 0 bridgehead atoms. The molecule has 1 aromatic carbocycles. The second kappa shape index (κ2) is 4.85. The second-order valence-corrected chi connectivity index (χ2v) is 4.58. The van der Waals surface area contributed by atoms with Crippen LogP contribution in [0.2, 0.25) is 5.02 Å². The highest BCUT2D eigenvalue weighted by atomic mass is 35.5. The van der Waals surface area contributed by atoms with Gasteiger partial charge in [-0.05, 0) is 30.7 Å². The molecule has 0 spiro atoms. The van der Waals surface area contributed by atoms with Crippen molar-refractivity contribution in [2.75, 3.05) is 6.61 Å². The van der Waals surface area contributed by atoms with E-state index in [1.54, 1.807) is 18.3 Å². The minimum Gasteiger partial charge on any atom is -0.484 e. The Morgan fingerprint density at radius 3 is 2.94 bits per heavy atom. The molecule has 0 aliphatic rings. The summed E-state index contributed by atoms with van der Waals surface area (Å²) in [6, 6.07) is 5.47. The predicted molar refractivity (Wildman–Crippen MR) is 73.8 cm³/mol. The summed E-state index contributed by atoms with van der Waals surface area (Å²) in [4.78, 5) is 4.59. The van der Waals surface area contributed by atoms with E-state index in [1.807, 2.05) is 13.0 Å². The van der Waals surface area contributed by atoms with E-state index in [9.17, 15) is 0 Å². The Kier molecular flexibility index (Phi) is 3.45. The minimum atomic E-state index is 0.196. The summed E-state index contributed by atoms with van der Waals surface area (Å²) in [5, 5.41) is 1.56. The van der Waals surface area contributed by atoms with E-state index in [1.165, 1.54) is 0 Å². The number of nitrogens with zero attached hydrogens (tertiary/aromatic N) is 1. The highest BCUT2D eigenvalue weighted by molar-refractivity contribution is 7.80. The molecule has 0 aliphatic heterocycles. The van der Waals surface area contributed by atoms with E-state index in [0.717, 1.165) is 16.5 Å². The number of aromatic nitrogens is 1. The molecule has 88 valence electrons. The van der Waals surface area contributed by atoms with Crippen LogP contribution in [0, 0.1) is 6.92 Å². The van der Waals surface area contributed by atoms with Crippen molar-refractivity contribution >= 4 is 39.7 Å². The summed E-state index contributed by atoms with van der Waals surface area (Å²) in [6.07, 6.45) is 1.72.